The summed E-state index contributed by atoms with van der Waals surface area (Å²) in [5, 5.41) is 4.87. The molecule has 0 aliphatic rings. The summed E-state index contributed by atoms with van der Waals surface area (Å²) >= 11 is 3.26. The number of hydrogen-bond acceptors (Lipinski definition) is 2. The summed E-state index contributed by atoms with van der Waals surface area (Å²) in [6.45, 7) is -0.242. The molecule has 0 atom stereocenters. The minimum Gasteiger partial charge on any atom is -0.343 e. The third kappa shape index (κ3) is 4.13. The van der Waals surface area contributed by atoms with Gasteiger partial charge in [-0.15, -0.1) is 0 Å². The molecule has 6 heteroatoms. The molecule has 0 bridgehead atoms. The van der Waals surface area contributed by atoms with Crippen molar-refractivity contribution < 1.29 is 14.0 Å². The van der Waals surface area contributed by atoms with Crippen LogP contribution >= 0.6 is 15.9 Å². The van der Waals surface area contributed by atoms with E-state index in [9.17, 15) is 14.0 Å². The molecular weight excluding hydrogens is 339 g/mol. The number of halogens is 2. The van der Waals surface area contributed by atoms with Gasteiger partial charge in [0.25, 0.3) is 5.91 Å². The predicted octanol–water partition coefficient (Wildman–Crippen LogP) is 2.96. The summed E-state index contributed by atoms with van der Waals surface area (Å²) in [7, 11) is 0. The van der Waals surface area contributed by atoms with Crippen molar-refractivity contribution in [1.29, 1.82) is 0 Å². The predicted molar refractivity (Wildman–Crippen MR) is 81.5 cm³/mol. The van der Waals surface area contributed by atoms with Gasteiger partial charge in [0.15, 0.2) is 0 Å². The number of amides is 2. The molecule has 21 heavy (non-hydrogen) atoms. The van der Waals surface area contributed by atoms with Gasteiger partial charge in [0.1, 0.15) is 5.82 Å². The van der Waals surface area contributed by atoms with Crippen molar-refractivity contribution in [2.45, 2.75) is 0 Å². The van der Waals surface area contributed by atoms with Crippen molar-refractivity contribution in [2.24, 2.45) is 0 Å². The average molecular weight is 351 g/mol. The lowest BCUT2D eigenvalue weighted by atomic mass is 10.2. The number of benzene rings is 2. The molecule has 0 heterocycles. The van der Waals surface area contributed by atoms with E-state index in [1.54, 1.807) is 30.3 Å². The van der Waals surface area contributed by atoms with Gasteiger partial charge in [0, 0.05) is 4.47 Å². The summed E-state index contributed by atoms with van der Waals surface area (Å²) in [6, 6.07) is 12.7. The van der Waals surface area contributed by atoms with Gasteiger partial charge < -0.3 is 10.6 Å². The molecule has 0 radical (unpaired) electrons. The first kappa shape index (κ1) is 15.2. The Labute approximate surface area is 129 Å². The zero-order chi connectivity index (χ0) is 15.2. The topological polar surface area (TPSA) is 58.2 Å². The van der Waals surface area contributed by atoms with E-state index in [4.69, 9.17) is 0 Å². The molecule has 0 aliphatic heterocycles. The van der Waals surface area contributed by atoms with Gasteiger partial charge in [-0.05, 0) is 40.2 Å². The van der Waals surface area contributed by atoms with Crippen LogP contribution in [-0.2, 0) is 4.79 Å². The van der Waals surface area contributed by atoms with Crippen LogP contribution in [0.2, 0.25) is 0 Å². The van der Waals surface area contributed by atoms with E-state index < -0.39 is 11.7 Å². The van der Waals surface area contributed by atoms with E-state index in [0.29, 0.717) is 10.0 Å². The molecule has 2 aromatic rings. The Bertz CT molecular complexity index is 676. The maximum atomic E-state index is 13.4. The average Bonchev–Trinajstić information content (AvgIpc) is 2.48. The number of hydrogen-bond donors (Lipinski definition) is 2. The van der Waals surface area contributed by atoms with Crippen LogP contribution < -0.4 is 10.6 Å². The van der Waals surface area contributed by atoms with E-state index in [2.05, 4.69) is 26.6 Å². The molecule has 0 aliphatic carbocycles. The number of para-hydroxylation sites is 1. The highest BCUT2D eigenvalue weighted by atomic mass is 79.9. The monoisotopic (exact) mass is 350 g/mol. The van der Waals surface area contributed by atoms with Crippen LogP contribution in [0.3, 0.4) is 0 Å². The Morgan fingerprint density at radius 3 is 2.43 bits per heavy atom. The van der Waals surface area contributed by atoms with Crippen LogP contribution in [0.25, 0.3) is 0 Å². The summed E-state index contributed by atoms with van der Waals surface area (Å²) < 4.78 is 14.0. The van der Waals surface area contributed by atoms with Crippen LogP contribution in [0.5, 0.6) is 0 Å². The van der Waals surface area contributed by atoms with Gasteiger partial charge in [0.05, 0.1) is 17.8 Å². The smallest absolute Gasteiger partial charge is 0.252 e. The fourth-order valence-electron chi connectivity index (χ4n) is 1.66. The van der Waals surface area contributed by atoms with Crippen molar-refractivity contribution in [3.8, 4) is 0 Å². The third-order valence-electron chi connectivity index (χ3n) is 2.68. The first-order chi connectivity index (χ1) is 10.1. The second-order valence-electron chi connectivity index (χ2n) is 4.19. The fraction of sp³-hybridized carbons (Fsp3) is 0.0667. The fourth-order valence-corrected chi connectivity index (χ4v) is 2.12. The normalized spacial score (nSPS) is 10.0. The molecule has 4 nitrogen and oxygen atoms in total. The van der Waals surface area contributed by atoms with Gasteiger partial charge in [-0.3, -0.25) is 9.59 Å². The highest BCUT2D eigenvalue weighted by molar-refractivity contribution is 9.10. The molecule has 0 fully saturated rings. The van der Waals surface area contributed by atoms with Crippen LogP contribution in [0.1, 0.15) is 10.4 Å². The Hall–Kier alpha value is -2.21. The standard InChI is InChI=1S/C15H12BrFN2O2/c16-11-6-2-1-5-10(11)15(21)18-9-14(20)19-13-8-4-3-7-12(13)17/h1-8H,9H2,(H,18,21)(H,19,20). The highest BCUT2D eigenvalue weighted by Crippen LogP contribution is 2.15. The van der Waals surface area contributed by atoms with Crippen LogP contribution in [0.15, 0.2) is 53.0 Å². The van der Waals surface area contributed by atoms with Gasteiger partial charge in [-0.1, -0.05) is 24.3 Å². The molecular formula is C15H12BrFN2O2. The number of carbonyl (C=O) groups excluding carboxylic acids is 2. The first-order valence-corrected chi connectivity index (χ1v) is 6.94. The van der Waals surface area contributed by atoms with Gasteiger partial charge in [0.2, 0.25) is 5.91 Å². The molecule has 108 valence electrons. The number of anilines is 1. The minimum absolute atomic E-state index is 0.0811. The molecule has 0 aromatic heterocycles. The van der Waals surface area contributed by atoms with Crippen molar-refractivity contribution in [1.82, 2.24) is 5.32 Å². The molecule has 0 spiro atoms. The van der Waals surface area contributed by atoms with Crippen molar-refractivity contribution in [3.63, 3.8) is 0 Å². The lowest BCUT2D eigenvalue weighted by molar-refractivity contribution is -0.115. The molecule has 2 aromatic carbocycles. The molecule has 0 unspecified atom stereocenters. The largest absolute Gasteiger partial charge is 0.343 e. The molecule has 2 N–H and O–H groups in total. The second kappa shape index (κ2) is 6.99. The van der Waals surface area contributed by atoms with E-state index >= 15 is 0 Å². The van der Waals surface area contributed by atoms with Crippen LogP contribution in [0, 0.1) is 5.82 Å². The third-order valence-corrected chi connectivity index (χ3v) is 3.37. The molecule has 2 amide bonds. The Kier molecular flexibility index (Phi) is 5.05. The summed E-state index contributed by atoms with van der Waals surface area (Å²) in [6.07, 6.45) is 0. The highest BCUT2D eigenvalue weighted by Gasteiger charge is 2.11. The number of carbonyl (C=O) groups is 2. The van der Waals surface area contributed by atoms with Crippen molar-refractivity contribution in [3.05, 3.63) is 64.4 Å². The molecule has 0 saturated heterocycles. The second-order valence-corrected chi connectivity index (χ2v) is 5.04. The van der Waals surface area contributed by atoms with E-state index in [1.807, 2.05) is 0 Å². The van der Waals surface area contributed by atoms with E-state index in [1.165, 1.54) is 18.2 Å². The zero-order valence-electron chi connectivity index (χ0n) is 10.9. The van der Waals surface area contributed by atoms with E-state index in [0.717, 1.165) is 0 Å². The first-order valence-electron chi connectivity index (χ1n) is 6.15. The summed E-state index contributed by atoms with van der Waals surface area (Å²) in [5.74, 6) is -1.41. The minimum atomic E-state index is -0.525. The van der Waals surface area contributed by atoms with Gasteiger partial charge in [-0.2, -0.15) is 0 Å². The van der Waals surface area contributed by atoms with Gasteiger partial charge in [-0.25, -0.2) is 4.39 Å². The summed E-state index contributed by atoms with van der Waals surface area (Å²) in [4.78, 5) is 23.6. The Morgan fingerprint density at radius 1 is 1.05 bits per heavy atom. The van der Waals surface area contributed by atoms with Crippen LogP contribution in [-0.4, -0.2) is 18.4 Å². The maximum Gasteiger partial charge on any atom is 0.252 e. The van der Waals surface area contributed by atoms with Crippen molar-refractivity contribution >= 4 is 33.4 Å². The SMILES string of the molecule is O=C(CNC(=O)c1ccccc1Br)Nc1ccccc1F. The quantitative estimate of drug-likeness (QED) is 0.890. The van der Waals surface area contributed by atoms with Crippen LogP contribution in [0.4, 0.5) is 10.1 Å². The molecule has 2 rings (SSSR count). The molecule has 0 saturated carbocycles. The van der Waals surface area contributed by atoms with Crippen molar-refractivity contribution in [2.75, 3.05) is 11.9 Å². The lowest BCUT2D eigenvalue weighted by Crippen LogP contribution is -2.33. The Morgan fingerprint density at radius 2 is 1.71 bits per heavy atom. The van der Waals surface area contributed by atoms with E-state index in [-0.39, 0.29) is 18.1 Å². The zero-order valence-corrected chi connectivity index (χ0v) is 12.5. The summed E-state index contributed by atoms with van der Waals surface area (Å²) in [5.41, 5.74) is 0.508. The Balaban J connectivity index is 1.91. The lowest BCUT2D eigenvalue weighted by Gasteiger charge is -2.08. The number of rotatable bonds is 4. The number of nitrogens with one attached hydrogen (secondary N) is 2. The maximum absolute atomic E-state index is 13.4. The van der Waals surface area contributed by atoms with Gasteiger partial charge >= 0.3 is 0 Å².